The van der Waals surface area contributed by atoms with Crippen molar-refractivity contribution in [3.63, 3.8) is 0 Å². The number of carboxylic acids is 1. The van der Waals surface area contributed by atoms with E-state index in [1.165, 1.54) is 4.90 Å². The second kappa shape index (κ2) is 9.42. The first-order valence-corrected chi connectivity index (χ1v) is 8.72. The summed E-state index contributed by atoms with van der Waals surface area (Å²) >= 11 is 0. The molecule has 1 aromatic carbocycles. The zero-order valence-corrected chi connectivity index (χ0v) is 14.9. The number of rotatable bonds is 8. The van der Waals surface area contributed by atoms with Gasteiger partial charge in [0.25, 0.3) is 0 Å². The molecule has 0 bridgehead atoms. The van der Waals surface area contributed by atoms with Crippen molar-refractivity contribution in [2.45, 2.75) is 38.6 Å². The summed E-state index contributed by atoms with van der Waals surface area (Å²) in [6.45, 7) is 2.91. The second-order valence-corrected chi connectivity index (χ2v) is 6.58. The molecule has 1 heterocycles. The molecule has 1 fully saturated rings. The first kappa shape index (κ1) is 19.2. The van der Waals surface area contributed by atoms with Crippen molar-refractivity contribution in [3.8, 4) is 5.75 Å². The largest absolute Gasteiger partial charge is 0.496 e. The van der Waals surface area contributed by atoms with Gasteiger partial charge in [0.15, 0.2) is 0 Å². The summed E-state index contributed by atoms with van der Waals surface area (Å²) < 4.78 is 10.7. The van der Waals surface area contributed by atoms with Crippen LogP contribution in [0.2, 0.25) is 0 Å². The van der Waals surface area contributed by atoms with E-state index in [-0.39, 0.29) is 24.4 Å². The van der Waals surface area contributed by atoms with E-state index in [0.29, 0.717) is 38.9 Å². The van der Waals surface area contributed by atoms with Gasteiger partial charge in [0, 0.05) is 25.7 Å². The smallest absolute Gasteiger partial charge is 0.323 e. The van der Waals surface area contributed by atoms with Crippen molar-refractivity contribution in [2.75, 3.05) is 26.9 Å². The van der Waals surface area contributed by atoms with Crippen molar-refractivity contribution in [1.29, 1.82) is 0 Å². The molecule has 1 aliphatic heterocycles. The van der Waals surface area contributed by atoms with Crippen LogP contribution >= 0.6 is 0 Å². The minimum absolute atomic E-state index is 0.0455. The fourth-order valence-electron chi connectivity index (χ4n) is 3.30. The van der Waals surface area contributed by atoms with Crippen LogP contribution in [-0.2, 0) is 20.7 Å². The second-order valence-electron chi connectivity index (χ2n) is 6.58. The lowest BCUT2D eigenvalue weighted by Crippen LogP contribution is -2.46. The van der Waals surface area contributed by atoms with E-state index in [1.807, 2.05) is 31.2 Å². The quantitative estimate of drug-likeness (QED) is 0.780. The Balaban J connectivity index is 1.99. The molecule has 1 amide bonds. The molecule has 0 unspecified atom stereocenters. The molecule has 6 nitrogen and oxygen atoms in total. The fraction of sp³-hybridized carbons (Fsp3) is 0.579. The third-order valence-corrected chi connectivity index (χ3v) is 4.54. The molecule has 138 valence electrons. The van der Waals surface area contributed by atoms with Crippen LogP contribution in [0, 0.1) is 5.92 Å². The highest BCUT2D eigenvalue weighted by Gasteiger charge is 2.28. The van der Waals surface area contributed by atoms with Crippen LogP contribution in [0.25, 0.3) is 0 Å². The Kier molecular flexibility index (Phi) is 7.25. The Labute approximate surface area is 148 Å². The number of aliphatic carboxylic acids is 1. The van der Waals surface area contributed by atoms with Crippen LogP contribution in [0.15, 0.2) is 24.3 Å². The van der Waals surface area contributed by atoms with Gasteiger partial charge in [-0.15, -0.1) is 0 Å². The van der Waals surface area contributed by atoms with Gasteiger partial charge in [0.05, 0.1) is 7.11 Å². The van der Waals surface area contributed by atoms with Gasteiger partial charge in [-0.1, -0.05) is 25.1 Å². The van der Waals surface area contributed by atoms with Crippen molar-refractivity contribution in [3.05, 3.63) is 29.8 Å². The molecule has 1 aliphatic rings. The maximum absolute atomic E-state index is 12.7. The minimum atomic E-state index is -0.975. The normalized spacial score (nSPS) is 16.2. The van der Waals surface area contributed by atoms with E-state index >= 15 is 0 Å². The minimum Gasteiger partial charge on any atom is -0.496 e. The Morgan fingerprint density at radius 3 is 2.64 bits per heavy atom. The monoisotopic (exact) mass is 349 g/mol. The summed E-state index contributed by atoms with van der Waals surface area (Å²) in [7, 11) is 1.63. The van der Waals surface area contributed by atoms with Gasteiger partial charge in [0.2, 0.25) is 5.91 Å². The van der Waals surface area contributed by atoms with E-state index in [1.54, 1.807) is 7.11 Å². The van der Waals surface area contributed by atoms with E-state index in [9.17, 15) is 9.59 Å². The summed E-state index contributed by atoms with van der Waals surface area (Å²) in [5, 5.41) is 9.16. The third kappa shape index (κ3) is 5.74. The number of ether oxygens (including phenoxy) is 2. The van der Waals surface area contributed by atoms with Gasteiger partial charge in [-0.25, -0.2) is 0 Å². The van der Waals surface area contributed by atoms with Gasteiger partial charge in [0.1, 0.15) is 12.3 Å². The van der Waals surface area contributed by atoms with E-state index in [4.69, 9.17) is 14.6 Å². The molecule has 0 saturated carbocycles. The molecular weight excluding hydrogens is 322 g/mol. The number of methoxy groups -OCH3 is 1. The van der Waals surface area contributed by atoms with Crippen molar-refractivity contribution in [2.24, 2.45) is 5.92 Å². The third-order valence-electron chi connectivity index (χ3n) is 4.54. The van der Waals surface area contributed by atoms with Gasteiger partial charge in [-0.05, 0) is 36.8 Å². The lowest BCUT2D eigenvalue weighted by molar-refractivity contribution is -0.148. The maximum atomic E-state index is 12.7. The molecule has 0 spiro atoms. The number of amides is 1. The predicted molar refractivity (Wildman–Crippen MR) is 93.7 cm³/mol. The summed E-state index contributed by atoms with van der Waals surface area (Å²) in [5.41, 5.74) is 1.06. The Bertz CT molecular complexity index is 583. The Morgan fingerprint density at radius 2 is 2.00 bits per heavy atom. The Morgan fingerprint density at radius 1 is 1.32 bits per heavy atom. The SMILES string of the molecule is COc1ccccc1C[C@H](C)CC(=O)N(CC(=O)O)C1CCOCC1. The first-order chi connectivity index (χ1) is 12.0. The zero-order chi connectivity index (χ0) is 18.2. The highest BCUT2D eigenvalue weighted by Crippen LogP contribution is 2.23. The number of nitrogens with zero attached hydrogens (tertiary/aromatic N) is 1. The molecule has 25 heavy (non-hydrogen) atoms. The molecule has 1 saturated heterocycles. The lowest BCUT2D eigenvalue weighted by Gasteiger charge is -2.34. The van der Waals surface area contributed by atoms with Crippen LogP contribution < -0.4 is 4.74 Å². The Hall–Kier alpha value is -2.08. The molecule has 0 aliphatic carbocycles. The number of hydrogen-bond donors (Lipinski definition) is 1. The van der Waals surface area contributed by atoms with E-state index in [2.05, 4.69) is 0 Å². The van der Waals surface area contributed by atoms with Crippen LogP contribution in [0.5, 0.6) is 5.75 Å². The number of carboxylic acid groups (broad SMARTS) is 1. The molecule has 1 N–H and O–H groups in total. The van der Waals surface area contributed by atoms with Crippen LogP contribution in [0.1, 0.15) is 31.7 Å². The van der Waals surface area contributed by atoms with Crippen LogP contribution in [0.3, 0.4) is 0 Å². The van der Waals surface area contributed by atoms with Crippen LogP contribution in [0.4, 0.5) is 0 Å². The van der Waals surface area contributed by atoms with Gasteiger partial charge >= 0.3 is 5.97 Å². The number of benzene rings is 1. The number of hydrogen-bond acceptors (Lipinski definition) is 4. The van der Waals surface area contributed by atoms with Crippen molar-refractivity contribution >= 4 is 11.9 Å². The van der Waals surface area contributed by atoms with Gasteiger partial charge < -0.3 is 19.5 Å². The molecule has 0 radical (unpaired) electrons. The summed E-state index contributed by atoms with van der Waals surface area (Å²) in [6.07, 6.45) is 2.42. The van der Waals surface area contributed by atoms with E-state index < -0.39 is 5.97 Å². The van der Waals surface area contributed by atoms with Crippen molar-refractivity contribution in [1.82, 2.24) is 4.90 Å². The van der Waals surface area contributed by atoms with Crippen LogP contribution in [-0.4, -0.2) is 54.8 Å². The first-order valence-electron chi connectivity index (χ1n) is 8.72. The highest BCUT2D eigenvalue weighted by molar-refractivity contribution is 5.81. The number of carbonyl (C=O) groups excluding carboxylic acids is 1. The zero-order valence-electron chi connectivity index (χ0n) is 14.9. The molecule has 2 rings (SSSR count). The standard InChI is InChI=1S/C19H27NO5/c1-14(11-15-5-3-4-6-17(15)24-2)12-18(21)20(13-19(22)23)16-7-9-25-10-8-16/h3-6,14,16H,7-13H2,1-2H3,(H,22,23)/t14-/m0/s1. The average molecular weight is 349 g/mol. The average Bonchev–Trinajstić information content (AvgIpc) is 2.60. The van der Waals surface area contributed by atoms with E-state index in [0.717, 1.165) is 11.3 Å². The summed E-state index contributed by atoms with van der Waals surface area (Å²) in [5.74, 6) is -0.164. The molecule has 6 heteroatoms. The van der Waals surface area contributed by atoms with Crippen molar-refractivity contribution < 1.29 is 24.2 Å². The fourth-order valence-corrected chi connectivity index (χ4v) is 3.30. The topological polar surface area (TPSA) is 76.1 Å². The molecular formula is C19H27NO5. The molecule has 1 atom stereocenters. The molecule has 1 aromatic rings. The number of carbonyl (C=O) groups is 2. The lowest BCUT2D eigenvalue weighted by atomic mass is 9.96. The molecule has 0 aromatic heterocycles. The predicted octanol–water partition coefficient (Wildman–Crippen LogP) is 2.36. The van der Waals surface area contributed by atoms with Gasteiger partial charge in [-0.3, -0.25) is 9.59 Å². The number of para-hydroxylation sites is 1. The summed E-state index contributed by atoms with van der Waals surface area (Å²) in [4.78, 5) is 25.4. The maximum Gasteiger partial charge on any atom is 0.323 e. The van der Waals surface area contributed by atoms with Gasteiger partial charge in [-0.2, -0.15) is 0 Å². The summed E-state index contributed by atoms with van der Waals surface area (Å²) in [6, 6.07) is 7.72. The highest BCUT2D eigenvalue weighted by atomic mass is 16.5.